The van der Waals surface area contributed by atoms with Crippen LogP contribution in [-0.2, 0) is 0 Å². The molecule has 0 amide bonds. The topological polar surface area (TPSA) is 81.8 Å². The van der Waals surface area contributed by atoms with Crippen molar-refractivity contribution in [1.82, 2.24) is 15.0 Å². The van der Waals surface area contributed by atoms with Crippen molar-refractivity contribution < 1.29 is 9.90 Å². The Morgan fingerprint density at radius 3 is 3.12 bits per heavy atom. The number of hydrogen-bond acceptors (Lipinski definition) is 3. The summed E-state index contributed by atoms with van der Waals surface area (Å²) in [5.41, 5.74) is 2.03. The highest BCUT2D eigenvalue weighted by atomic mass is 32.1. The molecule has 0 saturated heterocycles. The molecule has 3 aromatic rings. The molecule has 3 rings (SSSR count). The summed E-state index contributed by atoms with van der Waals surface area (Å²) in [7, 11) is 0. The first-order valence-electron chi connectivity index (χ1n) is 4.59. The SMILES string of the molecule is O=C(O)c1cnc(-c2c[nH]c3ccsc23)[nH]1. The number of aromatic amines is 2. The zero-order valence-corrected chi connectivity index (χ0v) is 8.84. The van der Waals surface area contributed by atoms with E-state index in [4.69, 9.17) is 5.11 Å². The van der Waals surface area contributed by atoms with Crippen LogP contribution in [0.4, 0.5) is 0 Å². The van der Waals surface area contributed by atoms with Crippen LogP contribution in [0.5, 0.6) is 0 Å². The maximum absolute atomic E-state index is 10.7. The quantitative estimate of drug-likeness (QED) is 0.635. The fraction of sp³-hybridized carbons (Fsp3) is 0. The first-order valence-corrected chi connectivity index (χ1v) is 5.47. The lowest BCUT2D eigenvalue weighted by molar-refractivity contribution is 0.0691. The molecular formula is C10H7N3O2S. The third-order valence-corrected chi connectivity index (χ3v) is 3.29. The van der Waals surface area contributed by atoms with Gasteiger partial charge in [-0.1, -0.05) is 0 Å². The average molecular weight is 233 g/mol. The number of imidazole rings is 1. The molecule has 16 heavy (non-hydrogen) atoms. The standard InChI is InChI=1S/C10H7N3O2S/c14-10(15)7-4-12-9(13-7)5-3-11-6-1-2-16-8(5)6/h1-4,11H,(H,12,13)(H,14,15). The number of nitrogens with zero attached hydrogens (tertiary/aromatic N) is 1. The zero-order chi connectivity index (χ0) is 11.1. The second-order valence-corrected chi connectivity index (χ2v) is 4.23. The summed E-state index contributed by atoms with van der Waals surface area (Å²) in [6.45, 7) is 0. The largest absolute Gasteiger partial charge is 0.477 e. The zero-order valence-electron chi connectivity index (χ0n) is 8.02. The Kier molecular flexibility index (Phi) is 1.84. The Morgan fingerprint density at radius 1 is 1.50 bits per heavy atom. The molecule has 6 heteroatoms. The van der Waals surface area contributed by atoms with Crippen molar-refractivity contribution in [2.24, 2.45) is 0 Å². The minimum absolute atomic E-state index is 0.0981. The van der Waals surface area contributed by atoms with Crippen molar-refractivity contribution in [1.29, 1.82) is 0 Å². The van der Waals surface area contributed by atoms with Gasteiger partial charge in [0, 0.05) is 6.20 Å². The molecule has 3 aromatic heterocycles. The van der Waals surface area contributed by atoms with Crippen LogP contribution in [0.25, 0.3) is 21.6 Å². The van der Waals surface area contributed by atoms with E-state index in [0.717, 1.165) is 15.8 Å². The van der Waals surface area contributed by atoms with E-state index in [1.54, 1.807) is 11.3 Å². The Morgan fingerprint density at radius 2 is 2.38 bits per heavy atom. The van der Waals surface area contributed by atoms with Crippen LogP contribution < -0.4 is 0 Å². The third kappa shape index (κ3) is 1.24. The first-order chi connectivity index (χ1) is 7.75. The lowest BCUT2D eigenvalue weighted by Crippen LogP contribution is -1.95. The van der Waals surface area contributed by atoms with E-state index < -0.39 is 5.97 Å². The number of carboxylic acid groups (broad SMARTS) is 1. The van der Waals surface area contributed by atoms with Crippen molar-refractivity contribution in [2.45, 2.75) is 0 Å². The van der Waals surface area contributed by atoms with E-state index in [1.807, 2.05) is 17.6 Å². The summed E-state index contributed by atoms with van der Waals surface area (Å²) in [5, 5.41) is 10.8. The number of carboxylic acids is 1. The monoisotopic (exact) mass is 233 g/mol. The van der Waals surface area contributed by atoms with Gasteiger partial charge in [-0.25, -0.2) is 9.78 Å². The molecule has 0 aliphatic rings. The van der Waals surface area contributed by atoms with Crippen LogP contribution in [0.1, 0.15) is 10.5 Å². The number of nitrogens with one attached hydrogen (secondary N) is 2. The lowest BCUT2D eigenvalue weighted by Gasteiger charge is -1.90. The summed E-state index contributed by atoms with van der Waals surface area (Å²) in [6.07, 6.45) is 3.15. The predicted molar refractivity (Wildman–Crippen MR) is 60.7 cm³/mol. The summed E-state index contributed by atoms with van der Waals surface area (Å²) in [5.74, 6) is -0.428. The molecule has 0 saturated carbocycles. The second-order valence-electron chi connectivity index (χ2n) is 3.32. The van der Waals surface area contributed by atoms with Crippen LogP contribution in [0.2, 0.25) is 0 Å². The number of carbonyl (C=O) groups is 1. The van der Waals surface area contributed by atoms with Crippen LogP contribution in [0, 0.1) is 0 Å². The molecule has 0 unspecified atom stereocenters. The second kappa shape index (κ2) is 3.21. The van der Waals surface area contributed by atoms with Gasteiger partial charge in [-0.15, -0.1) is 11.3 Å². The van der Waals surface area contributed by atoms with Gasteiger partial charge in [0.05, 0.1) is 22.0 Å². The molecule has 3 heterocycles. The Labute approximate surface area is 93.8 Å². The molecular weight excluding hydrogens is 226 g/mol. The van der Waals surface area contributed by atoms with Gasteiger partial charge in [0.1, 0.15) is 11.5 Å². The van der Waals surface area contributed by atoms with Gasteiger partial charge in [0.15, 0.2) is 0 Å². The Hall–Kier alpha value is -2.08. The summed E-state index contributed by atoms with van der Waals surface area (Å²) >= 11 is 1.59. The van der Waals surface area contributed by atoms with Crippen LogP contribution in [0.3, 0.4) is 0 Å². The van der Waals surface area contributed by atoms with Gasteiger partial charge in [0.2, 0.25) is 0 Å². The van der Waals surface area contributed by atoms with E-state index >= 15 is 0 Å². The minimum Gasteiger partial charge on any atom is -0.477 e. The molecule has 0 aliphatic carbocycles. The predicted octanol–water partition coefficient (Wildman–Crippen LogP) is 2.32. The highest BCUT2D eigenvalue weighted by Gasteiger charge is 2.12. The van der Waals surface area contributed by atoms with Crippen molar-refractivity contribution in [2.75, 3.05) is 0 Å². The summed E-state index contributed by atoms with van der Waals surface area (Å²) in [6, 6.07) is 1.98. The molecule has 0 aromatic carbocycles. The fourth-order valence-electron chi connectivity index (χ4n) is 1.59. The number of aromatic carboxylic acids is 1. The van der Waals surface area contributed by atoms with Gasteiger partial charge < -0.3 is 15.1 Å². The van der Waals surface area contributed by atoms with Crippen molar-refractivity contribution in [3.8, 4) is 11.4 Å². The molecule has 0 fully saturated rings. The molecule has 3 N–H and O–H groups in total. The minimum atomic E-state index is -1.00. The molecule has 0 aliphatic heterocycles. The highest BCUT2D eigenvalue weighted by molar-refractivity contribution is 7.17. The van der Waals surface area contributed by atoms with Gasteiger partial charge >= 0.3 is 5.97 Å². The normalized spacial score (nSPS) is 11.0. The fourth-order valence-corrected chi connectivity index (χ4v) is 2.47. The van der Waals surface area contributed by atoms with Crippen molar-refractivity contribution in [3.63, 3.8) is 0 Å². The number of fused-ring (bicyclic) bond motifs is 1. The maximum atomic E-state index is 10.7. The van der Waals surface area contributed by atoms with E-state index in [-0.39, 0.29) is 5.69 Å². The average Bonchev–Trinajstić information content (AvgIpc) is 2.92. The van der Waals surface area contributed by atoms with E-state index in [2.05, 4.69) is 15.0 Å². The first kappa shape index (κ1) is 9.17. The molecule has 0 spiro atoms. The van der Waals surface area contributed by atoms with E-state index in [9.17, 15) is 4.79 Å². The highest BCUT2D eigenvalue weighted by Crippen LogP contribution is 2.30. The van der Waals surface area contributed by atoms with Gasteiger partial charge in [-0.2, -0.15) is 0 Å². The molecule has 0 radical (unpaired) electrons. The van der Waals surface area contributed by atoms with Crippen LogP contribution in [0.15, 0.2) is 23.8 Å². The molecule has 0 atom stereocenters. The lowest BCUT2D eigenvalue weighted by atomic mass is 10.3. The van der Waals surface area contributed by atoms with Crippen molar-refractivity contribution in [3.05, 3.63) is 29.5 Å². The van der Waals surface area contributed by atoms with E-state index in [1.165, 1.54) is 6.20 Å². The van der Waals surface area contributed by atoms with E-state index in [0.29, 0.717) is 5.82 Å². The number of aromatic nitrogens is 3. The maximum Gasteiger partial charge on any atom is 0.353 e. The summed E-state index contributed by atoms with van der Waals surface area (Å²) < 4.78 is 1.08. The van der Waals surface area contributed by atoms with Crippen molar-refractivity contribution >= 4 is 27.5 Å². The van der Waals surface area contributed by atoms with Crippen LogP contribution >= 0.6 is 11.3 Å². The van der Waals surface area contributed by atoms with Gasteiger partial charge in [0.25, 0.3) is 0 Å². The number of thiophene rings is 1. The third-order valence-electron chi connectivity index (χ3n) is 2.34. The molecule has 0 bridgehead atoms. The van der Waals surface area contributed by atoms with Gasteiger partial charge in [-0.3, -0.25) is 0 Å². The Bertz CT molecular complexity index is 664. The molecule has 80 valence electrons. The Balaban J connectivity index is 2.15. The summed E-state index contributed by atoms with van der Waals surface area (Å²) in [4.78, 5) is 20.7. The number of rotatable bonds is 2. The molecule has 5 nitrogen and oxygen atoms in total. The van der Waals surface area contributed by atoms with Crippen LogP contribution in [-0.4, -0.2) is 26.0 Å². The smallest absolute Gasteiger partial charge is 0.353 e. The van der Waals surface area contributed by atoms with Gasteiger partial charge in [-0.05, 0) is 11.4 Å². The number of H-pyrrole nitrogens is 2. The number of hydrogen-bond donors (Lipinski definition) is 3.